The first-order chi connectivity index (χ1) is 9.25. The maximum Gasteiger partial charge on any atom is 0.176 e. The number of thiol groups is 1. The largest absolute Gasteiger partial charge is 0.364 e. The minimum Gasteiger partial charge on any atom is -0.364 e. The Hall–Kier alpha value is -0.970. The van der Waals surface area contributed by atoms with Gasteiger partial charge in [-0.3, -0.25) is 0 Å². The molecule has 0 spiro atoms. The Balaban J connectivity index is 1.96. The first-order valence-corrected chi connectivity index (χ1v) is 7.49. The number of aliphatic hydroxyl groups excluding tert-OH is 1. The van der Waals surface area contributed by atoms with Crippen LogP contribution in [0.5, 0.6) is 0 Å². The van der Waals surface area contributed by atoms with Crippen molar-refractivity contribution in [3.8, 4) is 0 Å². The molecular formula is C15H18N2OS. The van der Waals surface area contributed by atoms with Crippen LogP contribution in [0.1, 0.15) is 35.4 Å². The Bertz CT molecular complexity index is 634. The molecule has 2 aliphatic rings. The summed E-state index contributed by atoms with van der Waals surface area (Å²) >= 11 is 4.18. The molecule has 4 rings (SSSR count). The molecule has 3 atom stereocenters. The van der Waals surface area contributed by atoms with E-state index in [9.17, 15) is 5.11 Å². The number of rotatable bonds is 1. The molecule has 1 saturated heterocycles. The fraction of sp³-hybridized carbons (Fsp3) is 0.467. The van der Waals surface area contributed by atoms with Gasteiger partial charge in [0.15, 0.2) is 5.56 Å². The van der Waals surface area contributed by atoms with Crippen LogP contribution in [0.3, 0.4) is 0 Å². The topological polar surface area (TPSA) is 37.2 Å². The van der Waals surface area contributed by atoms with E-state index >= 15 is 0 Å². The van der Waals surface area contributed by atoms with Crippen molar-refractivity contribution in [1.29, 1.82) is 0 Å². The van der Waals surface area contributed by atoms with Gasteiger partial charge in [-0.05, 0) is 43.0 Å². The molecular weight excluding hydrogens is 256 g/mol. The molecule has 100 valence electrons. The fourth-order valence-electron chi connectivity index (χ4n) is 3.86. The van der Waals surface area contributed by atoms with E-state index in [1.807, 2.05) is 4.57 Å². The number of piperidine rings is 1. The van der Waals surface area contributed by atoms with E-state index in [4.69, 9.17) is 0 Å². The quantitative estimate of drug-likeness (QED) is 0.552. The van der Waals surface area contributed by atoms with Crippen LogP contribution in [0.15, 0.2) is 24.4 Å². The van der Waals surface area contributed by atoms with Crippen LogP contribution < -0.4 is 5.32 Å². The van der Waals surface area contributed by atoms with Gasteiger partial charge >= 0.3 is 0 Å². The number of benzene rings is 1. The normalized spacial score (nSPS) is 27.3. The van der Waals surface area contributed by atoms with Crippen LogP contribution in [0.25, 0.3) is 10.9 Å². The Morgan fingerprint density at radius 1 is 1.42 bits per heavy atom. The summed E-state index contributed by atoms with van der Waals surface area (Å²) < 4.78 is 1.87. The summed E-state index contributed by atoms with van der Waals surface area (Å²) in [5.74, 6) is 0.623. The summed E-state index contributed by atoms with van der Waals surface area (Å²) in [6.45, 7) is 1.13. The van der Waals surface area contributed by atoms with Crippen molar-refractivity contribution < 1.29 is 5.11 Å². The molecule has 1 unspecified atom stereocenters. The molecule has 0 saturated carbocycles. The third kappa shape index (κ3) is 1.67. The zero-order valence-corrected chi connectivity index (χ0v) is 11.6. The third-order valence-electron chi connectivity index (χ3n) is 4.64. The molecule has 1 aromatic carbocycles. The smallest absolute Gasteiger partial charge is 0.176 e. The molecule has 4 heteroatoms. The van der Waals surface area contributed by atoms with E-state index in [1.54, 1.807) is 0 Å². The van der Waals surface area contributed by atoms with Crippen molar-refractivity contribution >= 4 is 23.5 Å². The molecule has 0 bridgehead atoms. The van der Waals surface area contributed by atoms with Gasteiger partial charge in [0.05, 0.1) is 5.52 Å². The van der Waals surface area contributed by atoms with Gasteiger partial charge in [-0.25, -0.2) is 0 Å². The van der Waals surface area contributed by atoms with Gasteiger partial charge in [0.1, 0.15) is 0 Å². The number of hydrogen-bond acceptors (Lipinski definition) is 3. The highest BCUT2D eigenvalue weighted by atomic mass is 32.1. The minimum atomic E-state index is -0.764. The molecule has 19 heavy (non-hydrogen) atoms. The Kier molecular flexibility index (Phi) is 2.65. The van der Waals surface area contributed by atoms with Gasteiger partial charge in [-0.2, -0.15) is 0 Å². The summed E-state index contributed by atoms with van der Waals surface area (Å²) in [7, 11) is 0. The van der Waals surface area contributed by atoms with Crippen LogP contribution >= 0.6 is 12.6 Å². The molecule has 2 heterocycles. The second-order valence-electron chi connectivity index (χ2n) is 5.66. The van der Waals surface area contributed by atoms with Crippen molar-refractivity contribution in [3.63, 3.8) is 0 Å². The second kappa shape index (κ2) is 4.27. The Morgan fingerprint density at radius 2 is 2.32 bits per heavy atom. The highest BCUT2D eigenvalue weighted by Gasteiger charge is 2.33. The third-order valence-corrected chi connectivity index (χ3v) is 4.89. The maximum atomic E-state index is 9.81. The van der Waals surface area contributed by atoms with Crippen molar-refractivity contribution in [2.24, 2.45) is 0 Å². The van der Waals surface area contributed by atoms with Crippen molar-refractivity contribution in [1.82, 2.24) is 9.88 Å². The lowest BCUT2D eigenvalue weighted by Gasteiger charge is -2.36. The average molecular weight is 274 g/mol. The van der Waals surface area contributed by atoms with E-state index in [-0.39, 0.29) is 0 Å². The van der Waals surface area contributed by atoms with Gasteiger partial charge in [-0.15, -0.1) is 12.6 Å². The Labute approximate surface area is 118 Å². The highest BCUT2D eigenvalue weighted by molar-refractivity contribution is 7.80. The zero-order valence-electron chi connectivity index (χ0n) is 10.7. The van der Waals surface area contributed by atoms with E-state index < -0.39 is 5.56 Å². The number of fused-ring (bicyclic) bond motifs is 2. The molecule has 2 N–H and O–H groups in total. The SMILES string of the molecule is OC(S)n1cc2c3c(cccc31)[C@H]1CCCN[C@@H]1C2. The number of hydrogen-bond donors (Lipinski definition) is 3. The summed E-state index contributed by atoms with van der Waals surface area (Å²) in [4.78, 5) is 0. The predicted octanol–water partition coefficient (Wildman–Crippen LogP) is 2.41. The van der Waals surface area contributed by atoms with Crippen LogP contribution in [0.4, 0.5) is 0 Å². The van der Waals surface area contributed by atoms with Gasteiger partial charge in [0.25, 0.3) is 0 Å². The first-order valence-electron chi connectivity index (χ1n) is 6.97. The summed E-state index contributed by atoms with van der Waals surface area (Å²) in [6, 6.07) is 6.99. The summed E-state index contributed by atoms with van der Waals surface area (Å²) in [5.41, 5.74) is 3.14. The van der Waals surface area contributed by atoms with Gasteiger partial charge in [0, 0.05) is 23.5 Å². The van der Waals surface area contributed by atoms with Gasteiger partial charge < -0.3 is 15.0 Å². The van der Waals surface area contributed by atoms with Crippen LogP contribution in [0.2, 0.25) is 0 Å². The first kappa shape index (κ1) is 11.8. The predicted molar refractivity (Wildman–Crippen MR) is 79.6 cm³/mol. The second-order valence-corrected chi connectivity index (χ2v) is 6.12. The van der Waals surface area contributed by atoms with Crippen molar-refractivity contribution in [2.45, 2.75) is 36.8 Å². The lowest BCUT2D eigenvalue weighted by molar-refractivity contribution is 0.205. The van der Waals surface area contributed by atoms with Crippen LogP contribution in [0, 0.1) is 0 Å². The van der Waals surface area contributed by atoms with E-state index in [0.29, 0.717) is 12.0 Å². The van der Waals surface area contributed by atoms with Gasteiger partial charge in [0.2, 0.25) is 0 Å². The standard InChI is InChI=1S/C15H18N2OS/c18-15(19)17-8-9-7-12-10(4-2-6-16-12)11-3-1-5-13(17)14(9)11/h1,3,5,8,10,12,15-16,18-19H,2,4,6-7H2/t10-,12-,15?/m1/s1. The number of aliphatic hydroxyl groups is 1. The van der Waals surface area contributed by atoms with E-state index in [2.05, 4.69) is 42.3 Å². The van der Waals surface area contributed by atoms with Crippen LogP contribution in [-0.2, 0) is 6.42 Å². The monoisotopic (exact) mass is 274 g/mol. The van der Waals surface area contributed by atoms with Crippen LogP contribution in [-0.4, -0.2) is 22.3 Å². The zero-order chi connectivity index (χ0) is 13.0. The number of nitrogens with one attached hydrogen (secondary N) is 1. The highest BCUT2D eigenvalue weighted by Crippen LogP contribution is 2.42. The molecule has 3 nitrogen and oxygen atoms in total. The molecule has 1 aliphatic heterocycles. The molecule has 0 radical (unpaired) electrons. The molecule has 1 fully saturated rings. The molecule has 2 aromatic rings. The number of nitrogens with zero attached hydrogens (tertiary/aromatic N) is 1. The average Bonchev–Trinajstić information content (AvgIpc) is 2.80. The molecule has 1 aromatic heterocycles. The van der Waals surface area contributed by atoms with E-state index in [1.165, 1.54) is 29.4 Å². The molecule has 0 amide bonds. The minimum absolute atomic E-state index is 0.555. The maximum absolute atomic E-state index is 9.81. The van der Waals surface area contributed by atoms with Gasteiger partial charge in [-0.1, -0.05) is 12.1 Å². The Morgan fingerprint density at radius 3 is 3.16 bits per heavy atom. The summed E-state index contributed by atoms with van der Waals surface area (Å²) in [5, 5.41) is 14.8. The lowest BCUT2D eigenvalue weighted by atomic mass is 9.76. The lowest BCUT2D eigenvalue weighted by Crippen LogP contribution is -2.43. The molecule has 1 aliphatic carbocycles. The van der Waals surface area contributed by atoms with E-state index in [0.717, 1.165) is 18.5 Å². The summed E-state index contributed by atoms with van der Waals surface area (Å²) in [6.07, 6.45) is 5.65. The number of aromatic nitrogens is 1. The van der Waals surface area contributed by atoms with Crippen molar-refractivity contribution in [2.75, 3.05) is 6.54 Å². The van der Waals surface area contributed by atoms with Crippen molar-refractivity contribution in [3.05, 3.63) is 35.5 Å². The fourth-order valence-corrected chi connectivity index (χ4v) is 4.05.